The number of Topliss-reactive ketones (excluding diaryl/α,β-unsaturated/α-hetero) is 1. The van der Waals surface area contributed by atoms with Crippen LogP contribution in [-0.4, -0.2) is 25.5 Å². The number of halogens is 1. The summed E-state index contributed by atoms with van der Waals surface area (Å²) in [4.78, 5) is 24.1. The van der Waals surface area contributed by atoms with Crippen LogP contribution in [0.4, 0.5) is 0 Å². The van der Waals surface area contributed by atoms with Gasteiger partial charge >= 0.3 is 5.97 Å². The molecular formula is C18H17BrO4. The predicted octanol–water partition coefficient (Wildman–Crippen LogP) is 4.11. The van der Waals surface area contributed by atoms with E-state index in [1.807, 2.05) is 19.9 Å². The summed E-state index contributed by atoms with van der Waals surface area (Å²) in [7, 11) is 1.55. The van der Waals surface area contributed by atoms with Gasteiger partial charge in [0.15, 0.2) is 12.4 Å². The molecule has 0 atom stereocenters. The molecule has 0 fully saturated rings. The molecule has 2 rings (SSSR count). The topological polar surface area (TPSA) is 52.6 Å². The molecule has 120 valence electrons. The highest BCUT2D eigenvalue weighted by atomic mass is 79.9. The molecule has 5 heteroatoms. The number of hydrogen-bond acceptors (Lipinski definition) is 4. The first kappa shape index (κ1) is 17.2. The summed E-state index contributed by atoms with van der Waals surface area (Å²) in [5.74, 6) is -0.145. The summed E-state index contributed by atoms with van der Waals surface area (Å²) in [6, 6.07) is 10.3. The Morgan fingerprint density at radius 3 is 2.30 bits per heavy atom. The van der Waals surface area contributed by atoms with Gasteiger partial charge in [-0.25, -0.2) is 4.79 Å². The van der Waals surface area contributed by atoms with Gasteiger partial charge in [-0.2, -0.15) is 0 Å². The van der Waals surface area contributed by atoms with E-state index < -0.39 is 5.97 Å². The third-order valence-electron chi connectivity index (χ3n) is 3.55. The summed E-state index contributed by atoms with van der Waals surface area (Å²) in [5.41, 5.74) is 2.99. The lowest BCUT2D eigenvalue weighted by Crippen LogP contribution is -2.14. The number of carbonyl (C=O) groups is 2. The van der Waals surface area contributed by atoms with E-state index in [2.05, 4.69) is 15.9 Å². The molecular weight excluding hydrogens is 360 g/mol. The lowest BCUT2D eigenvalue weighted by atomic mass is 10.1. The van der Waals surface area contributed by atoms with Crippen LogP contribution in [0.3, 0.4) is 0 Å². The molecule has 0 aromatic heterocycles. The highest BCUT2D eigenvalue weighted by Crippen LogP contribution is 2.25. The molecule has 0 saturated carbocycles. The number of benzene rings is 2. The maximum atomic E-state index is 12.1. The Balaban J connectivity index is 2.02. The number of esters is 1. The van der Waals surface area contributed by atoms with Gasteiger partial charge in [0.05, 0.1) is 17.1 Å². The first-order valence-electron chi connectivity index (χ1n) is 7.03. The van der Waals surface area contributed by atoms with Crippen molar-refractivity contribution < 1.29 is 19.1 Å². The van der Waals surface area contributed by atoms with E-state index in [4.69, 9.17) is 9.47 Å². The number of rotatable bonds is 5. The van der Waals surface area contributed by atoms with Crippen LogP contribution >= 0.6 is 15.9 Å². The van der Waals surface area contributed by atoms with Crippen molar-refractivity contribution in [3.05, 3.63) is 63.1 Å². The van der Waals surface area contributed by atoms with Gasteiger partial charge in [0, 0.05) is 5.56 Å². The zero-order valence-electron chi connectivity index (χ0n) is 13.2. The number of hydrogen-bond donors (Lipinski definition) is 0. The van der Waals surface area contributed by atoms with Gasteiger partial charge in [-0.05, 0) is 71.2 Å². The molecule has 23 heavy (non-hydrogen) atoms. The summed E-state index contributed by atoms with van der Waals surface area (Å²) in [6.45, 7) is 3.59. The standard InChI is InChI=1S/C18H17BrO4/c1-11-4-5-14(8-12(11)2)18(21)23-10-16(20)13-6-7-17(22-3)15(19)9-13/h4-9H,10H2,1-3H3. The summed E-state index contributed by atoms with van der Waals surface area (Å²) >= 11 is 3.32. The molecule has 0 spiro atoms. The van der Waals surface area contributed by atoms with Crippen molar-refractivity contribution in [2.24, 2.45) is 0 Å². The van der Waals surface area contributed by atoms with E-state index in [0.717, 1.165) is 11.1 Å². The summed E-state index contributed by atoms with van der Waals surface area (Å²) < 4.78 is 10.9. The number of ether oxygens (including phenoxy) is 2. The number of methoxy groups -OCH3 is 1. The second kappa shape index (κ2) is 7.42. The molecule has 0 saturated heterocycles. The second-order valence-electron chi connectivity index (χ2n) is 5.15. The van der Waals surface area contributed by atoms with Gasteiger partial charge in [-0.1, -0.05) is 6.07 Å². The molecule has 0 bridgehead atoms. The molecule has 0 N–H and O–H groups in total. The van der Waals surface area contributed by atoms with E-state index in [0.29, 0.717) is 21.3 Å². The van der Waals surface area contributed by atoms with Crippen LogP contribution in [0.25, 0.3) is 0 Å². The smallest absolute Gasteiger partial charge is 0.338 e. The van der Waals surface area contributed by atoms with E-state index in [1.54, 1.807) is 37.4 Å². The zero-order chi connectivity index (χ0) is 17.0. The largest absolute Gasteiger partial charge is 0.496 e. The monoisotopic (exact) mass is 376 g/mol. The van der Waals surface area contributed by atoms with E-state index in [-0.39, 0.29) is 12.4 Å². The fraction of sp³-hybridized carbons (Fsp3) is 0.222. The Hall–Kier alpha value is -2.14. The average molecular weight is 377 g/mol. The van der Waals surface area contributed by atoms with Gasteiger partial charge in [-0.3, -0.25) is 4.79 Å². The first-order valence-corrected chi connectivity index (χ1v) is 7.83. The lowest BCUT2D eigenvalue weighted by Gasteiger charge is -2.08. The Morgan fingerprint density at radius 2 is 1.70 bits per heavy atom. The van der Waals surface area contributed by atoms with Crippen LogP contribution in [0.15, 0.2) is 40.9 Å². The van der Waals surface area contributed by atoms with Crippen LogP contribution in [0, 0.1) is 13.8 Å². The Kier molecular flexibility index (Phi) is 5.55. The van der Waals surface area contributed by atoms with Crippen molar-refractivity contribution >= 4 is 27.7 Å². The molecule has 0 aliphatic carbocycles. The second-order valence-corrected chi connectivity index (χ2v) is 6.00. The van der Waals surface area contributed by atoms with Crippen LogP contribution in [-0.2, 0) is 4.74 Å². The van der Waals surface area contributed by atoms with Crippen molar-refractivity contribution in [1.29, 1.82) is 0 Å². The average Bonchev–Trinajstić information content (AvgIpc) is 2.54. The van der Waals surface area contributed by atoms with E-state index in [9.17, 15) is 9.59 Å². The Bertz CT molecular complexity index is 753. The van der Waals surface area contributed by atoms with Gasteiger partial charge in [-0.15, -0.1) is 0 Å². The summed E-state index contributed by atoms with van der Waals surface area (Å²) in [5, 5.41) is 0. The number of ketones is 1. The minimum atomic E-state index is -0.506. The molecule has 0 radical (unpaired) electrons. The maximum Gasteiger partial charge on any atom is 0.338 e. The summed E-state index contributed by atoms with van der Waals surface area (Å²) in [6.07, 6.45) is 0. The van der Waals surface area contributed by atoms with Crippen molar-refractivity contribution in [1.82, 2.24) is 0 Å². The molecule has 0 aliphatic heterocycles. The van der Waals surface area contributed by atoms with Crippen molar-refractivity contribution in [3.63, 3.8) is 0 Å². The minimum Gasteiger partial charge on any atom is -0.496 e. The molecule has 4 nitrogen and oxygen atoms in total. The lowest BCUT2D eigenvalue weighted by molar-refractivity contribution is 0.0474. The zero-order valence-corrected chi connectivity index (χ0v) is 14.8. The first-order chi connectivity index (χ1) is 10.9. The van der Waals surface area contributed by atoms with Gasteiger partial charge in [0.25, 0.3) is 0 Å². The third-order valence-corrected chi connectivity index (χ3v) is 4.17. The fourth-order valence-electron chi connectivity index (χ4n) is 2.01. The molecule has 2 aromatic rings. The fourth-order valence-corrected chi connectivity index (χ4v) is 2.55. The molecule has 0 amide bonds. The van der Waals surface area contributed by atoms with Gasteiger partial charge in [0.1, 0.15) is 5.75 Å². The van der Waals surface area contributed by atoms with Crippen molar-refractivity contribution in [3.8, 4) is 5.75 Å². The highest BCUT2D eigenvalue weighted by molar-refractivity contribution is 9.10. The maximum absolute atomic E-state index is 12.1. The van der Waals surface area contributed by atoms with Crippen molar-refractivity contribution in [2.45, 2.75) is 13.8 Å². The van der Waals surface area contributed by atoms with Gasteiger partial charge < -0.3 is 9.47 Å². The predicted molar refractivity (Wildman–Crippen MR) is 91.2 cm³/mol. The molecule has 0 unspecified atom stereocenters. The third kappa shape index (κ3) is 4.20. The van der Waals surface area contributed by atoms with Crippen LogP contribution in [0.5, 0.6) is 5.75 Å². The van der Waals surface area contributed by atoms with Crippen LogP contribution < -0.4 is 4.74 Å². The normalized spacial score (nSPS) is 10.3. The molecule has 0 heterocycles. The Labute approximate surface area is 143 Å². The van der Waals surface area contributed by atoms with E-state index >= 15 is 0 Å². The Morgan fingerprint density at radius 1 is 1.00 bits per heavy atom. The SMILES string of the molecule is COc1ccc(C(=O)COC(=O)c2ccc(C)c(C)c2)cc1Br. The number of aryl methyl sites for hydroxylation is 2. The molecule has 2 aromatic carbocycles. The van der Waals surface area contributed by atoms with Gasteiger partial charge in [0.2, 0.25) is 0 Å². The quantitative estimate of drug-likeness (QED) is 0.581. The van der Waals surface area contributed by atoms with Crippen molar-refractivity contribution in [2.75, 3.05) is 13.7 Å². The highest BCUT2D eigenvalue weighted by Gasteiger charge is 2.13. The number of carbonyl (C=O) groups excluding carboxylic acids is 2. The minimum absolute atomic E-state index is 0.273. The van der Waals surface area contributed by atoms with Crippen LogP contribution in [0.2, 0.25) is 0 Å². The van der Waals surface area contributed by atoms with Crippen LogP contribution in [0.1, 0.15) is 31.8 Å². The van der Waals surface area contributed by atoms with E-state index in [1.165, 1.54) is 0 Å². The molecule has 0 aliphatic rings.